The number of rotatable bonds is 14. The number of hydrogen-bond acceptors (Lipinski definition) is 2. The van der Waals surface area contributed by atoms with Crippen molar-refractivity contribution in [2.75, 3.05) is 13.2 Å². The van der Waals surface area contributed by atoms with Crippen LogP contribution in [-0.4, -0.2) is 25.4 Å². The van der Waals surface area contributed by atoms with E-state index in [1.54, 1.807) is 0 Å². The van der Waals surface area contributed by atoms with Crippen molar-refractivity contribution in [2.24, 2.45) is 0 Å². The summed E-state index contributed by atoms with van der Waals surface area (Å²) in [5, 5.41) is 0. The first-order valence-corrected chi connectivity index (χ1v) is 8.36. The van der Waals surface area contributed by atoms with Gasteiger partial charge in [0.05, 0.1) is 0 Å². The highest BCUT2D eigenvalue weighted by Gasteiger charge is 2.24. The van der Waals surface area contributed by atoms with Crippen molar-refractivity contribution in [3.63, 3.8) is 0 Å². The topological polar surface area (TPSA) is 18.5 Å². The molecule has 0 spiro atoms. The predicted molar refractivity (Wildman–Crippen MR) is 83.7 cm³/mol. The van der Waals surface area contributed by atoms with E-state index in [4.69, 9.17) is 9.47 Å². The first-order valence-electron chi connectivity index (χ1n) is 8.36. The Bertz CT molecular complexity index is 249. The van der Waals surface area contributed by atoms with E-state index in [-0.39, 0.29) is 6.42 Å². The molecular weight excluding hydrogens is 274 g/mol. The number of unbranched alkanes of at least 4 members (excludes halogenated alkanes) is 6. The van der Waals surface area contributed by atoms with Gasteiger partial charge in [0, 0.05) is 19.6 Å². The molecule has 21 heavy (non-hydrogen) atoms. The molecule has 0 amide bonds. The molecule has 126 valence electrons. The van der Waals surface area contributed by atoms with E-state index >= 15 is 0 Å². The molecule has 0 unspecified atom stereocenters. The summed E-state index contributed by atoms with van der Waals surface area (Å²) in [6.45, 7) is 6.69. The van der Waals surface area contributed by atoms with Gasteiger partial charge in [-0.3, -0.25) is 0 Å². The van der Waals surface area contributed by atoms with Gasteiger partial charge in [-0.25, -0.2) is 8.78 Å². The standard InChI is InChI=1S/C17H32F2O2/c1-4-7-8-9-10-11-12-14-17(18,19)15-13-16(20-5-2)21-6-3/h13,15-16H,4-12,14H2,1-3H3/b15-13-. The summed E-state index contributed by atoms with van der Waals surface area (Å²) in [7, 11) is 0. The average Bonchev–Trinajstić information content (AvgIpc) is 2.44. The third-order valence-electron chi connectivity index (χ3n) is 3.27. The lowest BCUT2D eigenvalue weighted by Crippen LogP contribution is -2.18. The minimum Gasteiger partial charge on any atom is -0.349 e. The van der Waals surface area contributed by atoms with Crippen LogP contribution in [-0.2, 0) is 9.47 Å². The molecule has 0 aromatic carbocycles. The Morgan fingerprint density at radius 2 is 1.38 bits per heavy atom. The molecule has 0 aromatic heterocycles. The Labute approximate surface area is 128 Å². The highest BCUT2D eigenvalue weighted by Crippen LogP contribution is 2.24. The Balaban J connectivity index is 3.89. The van der Waals surface area contributed by atoms with Crippen LogP contribution in [0.1, 0.15) is 72.1 Å². The minimum absolute atomic E-state index is 0.0950. The van der Waals surface area contributed by atoms with E-state index in [9.17, 15) is 8.78 Å². The monoisotopic (exact) mass is 306 g/mol. The normalized spacial score (nSPS) is 12.7. The Morgan fingerprint density at radius 1 is 0.857 bits per heavy atom. The third kappa shape index (κ3) is 12.9. The molecule has 0 aliphatic heterocycles. The van der Waals surface area contributed by atoms with Crippen molar-refractivity contribution in [3.8, 4) is 0 Å². The maximum absolute atomic E-state index is 13.7. The summed E-state index contributed by atoms with van der Waals surface area (Å²) >= 11 is 0. The second-order valence-electron chi connectivity index (χ2n) is 5.27. The Morgan fingerprint density at radius 3 is 1.90 bits per heavy atom. The van der Waals surface area contributed by atoms with E-state index in [0.29, 0.717) is 19.6 Å². The van der Waals surface area contributed by atoms with Crippen LogP contribution in [0.2, 0.25) is 0 Å². The molecule has 0 saturated heterocycles. The van der Waals surface area contributed by atoms with E-state index < -0.39 is 12.2 Å². The highest BCUT2D eigenvalue weighted by molar-refractivity contribution is 4.96. The molecule has 0 atom stereocenters. The van der Waals surface area contributed by atoms with E-state index in [2.05, 4.69) is 6.92 Å². The highest BCUT2D eigenvalue weighted by atomic mass is 19.3. The molecule has 0 bridgehead atoms. The molecular formula is C17H32F2O2. The summed E-state index contributed by atoms with van der Waals surface area (Å²) in [4.78, 5) is 0. The van der Waals surface area contributed by atoms with Crippen molar-refractivity contribution in [1.29, 1.82) is 0 Å². The predicted octanol–water partition coefficient (Wildman–Crippen LogP) is 5.72. The van der Waals surface area contributed by atoms with Crippen LogP contribution in [0.3, 0.4) is 0 Å². The summed E-state index contributed by atoms with van der Waals surface area (Å²) < 4.78 is 37.8. The van der Waals surface area contributed by atoms with Crippen molar-refractivity contribution in [1.82, 2.24) is 0 Å². The molecule has 4 heteroatoms. The van der Waals surface area contributed by atoms with Crippen LogP contribution in [0.5, 0.6) is 0 Å². The zero-order valence-corrected chi connectivity index (χ0v) is 13.9. The maximum atomic E-state index is 13.7. The summed E-state index contributed by atoms with van der Waals surface area (Å²) in [5.41, 5.74) is 0. The third-order valence-corrected chi connectivity index (χ3v) is 3.27. The number of allylic oxidation sites excluding steroid dienone is 1. The lowest BCUT2D eigenvalue weighted by molar-refractivity contribution is -0.105. The average molecular weight is 306 g/mol. The molecule has 0 aliphatic rings. The van der Waals surface area contributed by atoms with Crippen LogP contribution in [0.4, 0.5) is 8.78 Å². The summed E-state index contributed by atoms with van der Waals surface area (Å²) in [6.07, 6.45) is 8.84. The van der Waals surface area contributed by atoms with Gasteiger partial charge >= 0.3 is 0 Å². The van der Waals surface area contributed by atoms with Crippen LogP contribution >= 0.6 is 0 Å². The Kier molecular flexibility index (Phi) is 12.9. The van der Waals surface area contributed by atoms with E-state index in [1.807, 2.05) is 13.8 Å². The maximum Gasteiger partial charge on any atom is 0.266 e. The molecule has 0 rings (SSSR count). The summed E-state index contributed by atoms with van der Waals surface area (Å²) in [5.74, 6) is -2.77. The number of ether oxygens (including phenoxy) is 2. The SMILES string of the molecule is CCCCCCCCCC(F)(F)/C=C\C(OCC)OCC. The fourth-order valence-electron chi connectivity index (χ4n) is 2.11. The first-order chi connectivity index (χ1) is 10.1. The quantitative estimate of drug-likeness (QED) is 0.232. The van der Waals surface area contributed by atoms with Crippen LogP contribution < -0.4 is 0 Å². The lowest BCUT2D eigenvalue weighted by atomic mass is 10.1. The van der Waals surface area contributed by atoms with Crippen molar-refractivity contribution < 1.29 is 18.3 Å². The van der Waals surface area contributed by atoms with Crippen molar-refractivity contribution in [3.05, 3.63) is 12.2 Å². The van der Waals surface area contributed by atoms with Crippen LogP contribution in [0, 0.1) is 0 Å². The number of alkyl halides is 2. The van der Waals surface area contributed by atoms with Gasteiger partial charge in [-0.15, -0.1) is 0 Å². The van der Waals surface area contributed by atoms with Crippen molar-refractivity contribution >= 4 is 0 Å². The molecule has 0 fully saturated rings. The number of hydrogen-bond donors (Lipinski definition) is 0. The lowest BCUT2D eigenvalue weighted by Gasteiger charge is -2.15. The van der Waals surface area contributed by atoms with Gasteiger partial charge in [-0.1, -0.05) is 45.4 Å². The zero-order valence-electron chi connectivity index (χ0n) is 13.9. The first kappa shape index (κ1) is 20.5. The van der Waals surface area contributed by atoms with Crippen molar-refractivity contribution in [2.45, 2.75) is 84.4 Å². The largest absolute Gasteiger partial charge is 0.349 e. The molecule has 0 saturated carbocycles. The van der Waals surface area contributed by atoms with Gasteiger partial charge in [0.2, 0.25) is 0 Å². The van der Waals surface area contributed by atoms with Crippen LogP contribution in [0.15, 0.2) is 12.2 Å². The molecule has 0 aliphatic carbocycles. The second-order valence-corrected chi connectivity index (χ2v) is 5.27. The van der Waals surface area contributed by atoms with Gasteiger partial charge in [0.25, 0.3) is 5.92 Å². The Hall–Kier alpha value is -0.480. The smallest absolute Gasteiger partial charge is 0.266 e. The van der Waals surface area contributed by atoms with Gasteiger partial charge in [-0.2, -0.15) is 0 Å². The van der Waals surface area contributed by atoms with Gasteiger partial charge in [0.1, 0.15) is 0 Å². The number of halogens is 2. The van der Waals surface area contributed by atoms with E-state index in [0.717, 1.165) is 25.3 Å². The second kappa shape index (κ2) is 13.2. The van der Waals surface area contributed by atoms with Gasteiger partial charge < -0.3 is 9.47 Å². The molecule has 0 aromatic rings. The van der Waals surface area contributed by atoms with E-state index in [1.165, 1.54) is 25.3 Å². The molecule has 0 radical (unpaired) electrons. The van der Waals surface area contributed by atoms with Gasteiger partial charge in [0.15, 0.2) is 6.29 Å². The van der Waals surface area contributed by atoms with Gasteiger partial charge in [-0.05, 0) is 32.4 Å². The van der Waals surface area contributed by atoms with Crippen LogP contribution in [0.25, 0.3) is 0 Å². The fraction of sp³-hybridized carbons (Fsp3) is 0.882. The fourth-order valence-corrected chi connectivity index (χ4v) is 2.11. The minimum atomic E-state index is -2.77. The molecule has 2 nitrogen and oxygen atoms in total. The molecule has 0 N–H and O–H groups in total. The summed E-state index contributed by atoms with van der Waals surface area (Å²) in [6, 6.07) is 0. The molecule has 0 heterocycles. The zero-order chi connectivity index (χ0) is 16.0.